The summed E-state index contributed by atoms with van der Waals surface area (Å²) in [6, 6.07) is 15.3. The first-order chi connectivity index (χ1) is 13.0. The molecule has 2 amide bonds. The molecule has 0 heterocycles. The van der Waals surface area contributed by atoms with Gasteiger partial charge in [-0.1, -0.05) is 35.9 Å². The van der Waals surface area contributed by atoms with Gasteiger partial charge in [0.05, 0.1) is 13.1 Å². The van der Waals surface area contributed by atoms with Crippen molar-refractivity contribution >= 4 is 29.1 Å². The second kappa shape index (κ2) is 9.02. The van der Waals surface area contributed by atoms with E-state index >= 15 is 0 Å². The summed E-state index contributed by atoms with van der Waals surface area (Å²) in [4.78, 5) is 25.4. The van der Waals surface area contributed by atoms with Gasteiger partial charge >= 0.3 is 0 Å². The first-order valence-corrected chi connectivity index (χ1v) is 9.63. The number of nitrogens with one attached hydrogen (secondary N) is 3. The first-order valence-electron chi connectivity index (χ1n) is 9.25. The Balaban J connectivity index is 1.48. The van der Waals surface area contributed by atoms with E-state index in [0.29, 0.717) is 10.7 Å². The second-order valence-corrected chi connectivity index (χ2v) is 7.51. The van der Waals surface area contributed by atoms with Crippen LogP contribution in [-0.2, 0) is 16.0 Å². The van der Waals surface area contributed by atoms with Gasteiger partial charge in [0.2, 0.25) is 0 Å². The average molecular weight is 387 g/mol. The van der Waals surface area contributed by atoms with Gasteiger partial charge in [-0.3, -0.25) is 9.59 Å². The topological polar surface area (TPSA) is 62.6 Å². The van der Waals surface area contributed by atoms with Crippen LogP contribution >= 0.6 is 11.6 Å². The van der Waals surface area contributed by atoms with Crippen molar-refractivity contribution in [3.63, 3.8) is 0 Å². The molecule has 0 radical (unpaired) electrons. The lowest BCUT2D eigenvalue weighted by Crippen LogP contribution is -3.11. The average Bonchev–Trinajstić information content (AvgIpc) is 2.63. The van der Waals surface area contributed by atoms with Crippen LogP contribution in [0.5, 0.6) is 0 Å². The van der Waals surface area contributed by atoms with E-state index in [1.165, 1.54) is 11.1 Å². The summed E-state index contributed by atoms with van der Waals surface area (Å²) >= 11 is 5.84. The number of halogens is 1. The van der Waals surface area contributed by atoms with E-state index in [4.69, 9.17) is 11.6 Å². The lowest BCUT2D eigenvalue weighted by Gasteiger charge is -2.26. The fraction of sp³-hybridized carbons (Fsp3) is 0.333. The largest absolute Gasteiger partial charge is 0.344 e. The molecule has 142 valence electrons. The molecular formula is C21H25ClN3O2+. The highest BCUT2D eigenvalue weighted by molar-refractivity contribution is 6.30. The SMILES string of the molecule is C[NH+](CC(=O)Nc1ccc(Cl)cc1)CC(=O)N[C@@H]1CCCc2ccccc21. The summed E-state index contributed by atoms with van der Waals surface area (Å²) in [5.41, 5.74) is 3.23. The molecule has 0 aliphatic heterocycles. The molecule has 2 atom stereocenters. The molecule has 1 aliphatic rings. The van der Waals surface area contributed by atoms with Crippen LogP contribution in [0.1, 0.15) is 30.0 Å². The number of carbonyl (C=O) groups is 2. The van der Waals surface area contributed by atoms with E-state index < -0.39 is 0 Å². The highest BCUT2D eigenvalue weighted by Gasteiger charge is 2.23. The predicted octanol–water partition coefficient (Wildman–Crippen LogP) is 1.99. The smallest absolute Gasteiger partial charge is 0.279 e. The summed E-state index contributed by atoms with van der Waals surface area (Å²) in [5.74, 6) is -0.167. The molecule has 27 heavy (non-hydrogen) atoms. The van der Waals surface area contributed by atoms with Crippen LogP contribution in [0.25, 0.3) is 0 Å². The Morgan fingerprint density at radius 2 is 1.78 bits per heavy atom. The third-order valence-electron chi connectivity index (χ3n) is 4.76. The van der Waals surface area contributed by atoms with Crippen LogP contribution in [-0.4, -0.2) is 32.0 Å². The first kappa shape index (κ1) is 19.4. The van der Waals surface area contributed by atoms with Crippen LogP contribution in [0.2, 0.25) is 5.02 Å². The molecule has 0 spiro atoms. The summed E-state index contributed by atoms with van der Waals surface area (Å²) in [6.45, 7) is 0.476. The van der Waals surface area contributed by atoms with Gasteiger partial charge in [0.15, 0.2) is 13.1 Å². The van der Waals surface area contributed by atoms with Gasteiger partial charge in [-0.2, -0.15) is 0 Å². The van der Waals surface area contributed by atoms with Crippen molar-refractivity contribution in [2.24, 2.45) is 0 Å². The minimum Gasteiger partial charge on any atom is -0.344 e. The Morgan fingerprint density at radius 3 is 2.56 bits per heavy atom. The number of likely N-dealkylation sites (N-methyl/N-ethyl adjacent to an activating group) is 1. The molecule has 2 aromatic rings. The summed E-state index contributed by atoms with van der Waals surface area (Å²) < 4.78 is 0. The molecule has 3 rings (SSSR count). The fourth-order valence-corrected chi connectivity index (χ4v) is 3.62. The molecule has 2 aromatic carbocycles. The standard InChI is InChI=1S/C21H24ClN3O2/c1-25(13-20(26)23-17-11-9-16(22)10-12-17)14-21(27)24-19-8-4-6-15-5-2-3-7-18(15)19/h2-3,5,7,9-12,19H,4,6,8,13-14H2,1H3,(H,23,26)(H,24,27)/p+1/t19-/m1/s1. The monoisotopic (exact) mass is 386 g/mol. The molecule has 0 fully saturated rings. The van der Waals surface area contributed by atoms with Crippen molar-refractivity contribution in [1.82, 2.24) is 5.32 Å². The van der Waals surface area contributed by atoms with E-state index in [-0.39, 0.29) is 30.9 Å². The van der Waals surface area contributed by atoms with E-state index in [0.717, 1.165) is 24.2 Å². The van der Waals surface area contributed by atoms with E-state index in [1.807, 2.05) is 19.2 Å². The number of carbonyl (C=O) groups excluding carboxylic acids is 2. The van der Waals surface area contributed by atoms with Crippen molar-refractivity contribution in [3.05, 3.63) is 64.7 Å². The maximum Gasteiger partial charge on any atom is 0.279 e. The Labute approximate surface area is 164 Å². The lowest BCUT2D eigenvalue weighted by molar-refractivity contribution is -0.862. The molecule has 1 unspecified atom stereocenters. The van der Waals surface area contributed by atoms with Crippen molar-refractivity contribution in [3.8, 4) is 0 Å². The van der Waals surface area contributed by atoms with Gasteiger partial charge in [0.1, 0.15) is 0 Å². The Hall–Kier alpha value is -2.37. The number of rotatable bonds is 6. The predicted molar refractivity (Wildman–Crippen MR) is 107 cm³/mol. The molecule has 0 bridgehead atoms. The zero-order valence-corrected chi connectivity index (χ0v) is 16.2. The summed E-state index contributed by atoms with van der Waals surface area (Å²) in [5, 5.41) is 6.57. The van der Waals surface area contributed by atoms with Gasteiger partial charge in [0, 0.05) is 10.7 Å². The number of amides is 2. The van der Waals surface area contributed by atoms with Crippen LogP contribution in [0.3, 0.4) is 0 Å². The van der Waals surface area contributed by atoms with E-state index in [1.54, 1.807) is 24.3 Å². The second-order valence-electron chi connectivity index (χ2n) is 7.08. The lowest BCUT2D eigenvalue weighted by atomic mass is 9.88. The van der Waals surface area contributed by atoms with Crippen molar-refractivity contribution in [1.29, 1.82) is 0 Å². The molecule has 0 aromatic heterocycles. The number of aryl methyl sites for hydroxylation is 1. The zero-order valence-electron chi connectivity index (χ0n) is 15.4. The van der Waals surface area contributed by atoms with Crippen LogP contribution in [0.4, 0.5) is 5.69 Å². The Morgan fingerprint density at radius 1 is 1.07 bits per heavy atom. The van der Waals surface area contributed by atoms with Gasteiger partial charge in [-0.25, -0.2) is 0 Å². The number of quaternary nitrogens is 1. The zero-order chi connectivity index (χ0) is 19.2. The van der Waals surface area contributed by atoms with Gasteiger partial charge in [0.25, 0.3) is 11.8 Å². The van der Waals surface area contributed by atoms with Crippen molar-refractivity contribution in [2.45, 2.75) is 25.3 Å². The molecular weight excluding hydrogens is 362 g/mol. The molecule has 3 N–H and O–H groups in total. The molecule has 0 saturated heterocycles. The number of benzene rings is 2. The summed E-state index contributed by atoms with van der Waals surface area (Å²) in [6.07, 6.45) is 3.10. The third kappa shape index (κ3) is 5.55. The highest BCUT2D eigenvalue weighted by Crippen LogP contribution is 2.29. The normalized spacial score (nSPS) is 16.9. The van der Waals surface area contributed by atoms with Crippen molar-refractivity contribution in [2.75, 3.05) is 25.5 Å². The molecule has 1 aliphatic carbocycles. The third-order valence-corrected chi connectivity index (χ3v) is 5.01. The van der Waals surface area contributed by atoms with Crippen LogP contribution in [0, 0.1) is 0 Å². The fourth-order valence-electron chi connectivity index (χ4n) is 3.50. The van der Waals surface area contributed by atoms with Crippen molar-refractivity contribution < 1.29 is 14.5 Å². The number of anilines is 1. The van der Waals surface area contributed by atoms with Crippen LogP contribution < -0.4 is 15.5 Å². The molecule has 0 saturated carbocycles. The number of hydrogen-bond donors (Lipinski definition) is 3. The number of fused-ring (bicyclic) bond motifs is 1. The maximum atomic E-state index is 12.4. The summed E-state index contributed by atoms with van der Waals surface area (Å²) in [7, 11) is 1.84. The van der Waals surface area contributed by atoms with Gasteiger partial charge in [-0.05, 0) is 54.7 Å². The maximum absolute atomic E-state index is 12.4. The Bertz CT molecular complexity index is 807. The van der Waals surface area contributed by atoms with Crippen LogP contribution in [0.15, 0.2) is 48.5 Å². The Kier molecular flexibility index (Phi) is 6.48. The quantitative estimate of drug-likeness (QED) is 0.711. The van der Waals surface area contributed by atoms with E-state index in [2.05, 4.69) is 22.8 Å². The van der Waals surface area contributed by atoms with Gasteiger partial charge < -0.3 is 15.5 Å². The minimum absolute atomic E-state index is 0.0338. The highest BCUT2D eigenvalue weighted by atomic mass is 35.5. The van der Waals surface area contributed by atoms with E-state index in [9.17, 15) is 9.59 Å². The minimum atomic E-state index is -0.134. The number of hydrogen-bond acceptors (Lipinski definition) is 2. The molecule has 5 nitrogen and oxygen atoms in total. The molecule has 6 heteroatoms. The van der Waals surface area contributed by atoms with Gasteiger partial charge in [-0.15, -0.1) is 0 Å².